The van der Waals surface area contributed by atoms with E-state index in [9.17, 15) is 0 Å². The first-order valence-corrected chi connectivity index (χ1v) is 5.53. The molecule has 1 atom stereocenters. The fourth-order valence-electron chi connectivity index (χ4n) is 1.85. The lowest BCUT2D eigenvalue weighted by atomic mass is 9.75. The highest BCUT2D eigenvalue weighted by Gasteiger charge is 2.29. The van der Waals surface area contributed by atoms with Crippen LogP contribution in [0.3, 0.4) is 0 Å². The standard InChI is InChI=1S/C10H15NS/c1-3-10(2)5-4-9-8(6-10)11-7-12-9/h7H,3-6H2,1-2H3. The van der Waals surface area contributed by atoms with Crippen LogP contribution in [0.5, 0.6) is 0 Å². The number of aryl methyl sites for hydroxylation is 1. The van der Waals surface area contributed by atoms with Crippen LogP contribution in [0, 0.1) is 5.41 Å². The third-order valence-corrected chi connectivity index (χ3v) is 4.06. The second-order valence-corrected chi connectivity index (χ2v) is 5.00. The molecule has 2 heteroatoms. The molecule has 0 aliphatic heterocycles. The van der Waals surface area contributed by atoms with Crippen LogP contribution in [0.1, 0.15) is 37.3 Å². The Morgan fingerprint density at radius 1 is 1.67 bits per heavy atom. The Balaban J connectivity index is 2.25. The van der Waals surface area contributed by atoms with Gasteiger partial charge in [0, 0.05) is 4.88 Å². The summed E-state index contributed by atoms with van der Waals surface area (Å²) in [5.74, 6) is 0. The number of nitrogens with zero attached hydrogens (tertiary/aromatic N) is 1. The van der Waals surface area contributed by atoms with Crippen molar-refractivity contribution in [1.29, 1.82) is 0 Å². The largest absolute Gasteiger partial charge is 0.249 e. The van der Waals surface area contributed by atoms with Crippen molar-refractivity contribution in [2.75, 3.05) is 0 Å². The molecule has 0 fully saturated rings. The molecule has 1 unspecified atom stereocenters. The van der Waals surface area contributed by atoms with Gasteiger partial charge in [0.15, 0.2) is 0 Å². The van der Waals surface area contributed by atoms with E-state index in [1.807, 2.05) is 16.8 Å². The van der Waals surface area contributed by atoms with Crippen LogP contribution in [0.15, 0.2) is 5.51 Å². The maximum Gasteiger partial charge on any atom is 0.0797 e. The smallest absolute Gasteiger partial charge is 0.0797 e. The summed E-state index contributed by atoms with van der Waals surface area (Å²) < 4.78 is 0. The molecule has 12 heavy (non-hydrogen) atoms. The highest BCUT2D eigenvalue weighted by atomic mass is 32.1. The summed E-state index contributed by atoms with van der Waals surface area (Å²) in [6, 6.07) is 0. The van der Waals surface area contributed by atoms with E-state index in [0.29, 0.717) is 5.41 Å². The first-order valence-electron chi connectivity index (χ1n) is 4.65. The average Bonchev–Trinajstić information content (AvgIpc) is 2.51. The summed E-state index contributed by atoms with van der Waals surface area (Å²) in [7, 11) is 0. The fourth-order valence-corrected chi connectivity index (χ4v) is 2.64. The molecule has 0 radical (unpaired) electrons. The van der Waals surface area contributed by atoms with Crippen LogP contribution in [0.4, 0.5) is 0 Å². The molecule has 0 bridgehead atoms. The molecule has 1 nitrogen and oxygen atoms in total. The van der Waals surface area contributed by atoms with Crippen LogP contribution in [0.25, 0.3) is 0 Å². The molecule has 1 heterocycles. The molecule has 1 aliphatic rings. The van der Waals surface area contributed by atoms with Gasteiger partial charge in [-0.15, -0.1) is 11.3 Å². The van der Waals surface area contributed by atoms with Crippen LogP contribution >= 0.6 is 11.3 Å². The Bertz CT molecular complexity index is 279. The van der Waals surface area contributed by atoms with E-state index < -0.39 is 0 Å². The Labute approximate surface area is 77.8 Å². The monoisotopic (exact) mass is 181 g/mol. The number of hydrogen-bond donors (Lipinski definition) is 0. The number of aromatic nitrogens is 1. The molecule has 66 valence electrons. The van der Waals surface area contributed by atoms with Crippen molar-refractivity contribution < 1.29 is 0 Å². The molecule has 1 aliphatic carbocycles. The summed E-state index contributed by atoms with van der Waals surface area (Å²) in [4.78, 5) is 5.95. The molecule has 0 amide bonds. The quantitative estimate of drug-likeness (QED) is 0.649. The van der Waals surface area contributed by atoms with Gasteiger partial charge in [-0.05, 0) is 24.7 Å². The molecule has 0 N–H and O–H groups in total. The highest BCUT2D eigenvalue weighted by molar-refractivity contribution is 7.09. The van der Waals surface area contributed by atoms with Gasteiger partial charge >= 0.3 is 0 Å². The van der Waals surface area contributed by atoms with E-state index >= 15 is 0 Å². The van der Waals surface area contributed by atoms with E-state index in [2.05, 4.69) is 18.8 Å². The fraction of sp³-hybridized carbons (Fsp3) is 0.700. The summed E-state index contributed by atoms with van der Waals surface area (Å²) in [6.07, 6.45) is 5.08. The van der Waals surface area contributed by atoms with Crippen LogP contribution in [0.2, 0.25) is 0 Å². The van der Waals surface area contributed by atoms with Gasteiger partial charge in [-0.3, -0.25) is 0 Å². The molecule has 1 aromatic heterocycles. The van der Waals surface area contributed by atoms with Crippen molar-refractivity contribution in [1.82, 2.24) is 4.98 Å². The van der Waals surface area contributed by atoms with Gasteiger partial charge in [0.25, 0.3) is 0 Å². The van der Waals surface area contributed by atoms with E-state index in [1.54, 1.807) is 0 Å². The maximum absolute atomic E-state index is 4.42. The van der Waals surface area contributed by atoms with Gasteiger partial charge in [0.05, 0.1) is 11.2 Å². The second kappa shape index (κ2) is 2.84. The molecule has 0 saturated heterocycles. The van der Waals surface area contributed by atoms with E-state index in [-0.39, 0.29) is 0 Å². The molecular formula is C10H15NS. The summed E-state index contributed by atoms with van der Waals surface area (Å²) in [5, 5.41) is 0. The predicted molar refractivity (Wildman–Crippen MR) is 52.5 cm³/mol. The Morgan fingerprint density at radius 3 is 3.25 bits per heavy atom. The van der Waals surface area contributed by atoms with Crippen molar-refractivity contribution in [3.63, 3.8) is 0 Å². The number of hydrogen-bond acceptors (Lipinski definition) is 2. The minimum absolute atomic E-state index is 0.529. The summed E-state index contributed by atoms with van der Waals surface area (Å²) in [5.41, 5.74) is 3.89. The lowest BCUT2D eigenvalue weighted by Gasteiger charge is -2.31. The highest BCUT2D eigenvalue weighted by Crippen LogP contribution is 2.38. The molecule has 0 spiro atoms. The molecule has 0 aromatic carbocycles. The molecule has 1 aromatic rings. The number of fused-ring (bicyclic) bond motifs is 1. The lowest BCUT2D eigenvalue weighted by molar-refractivity contribution is 0.266. The first kappa shape index (κ1) is 8.24. The lowest BCUT2D eigenvalue weighted by Crippen LogP contribution is -2.24. The van der Waals surface area contributed by atoms with Crippen LogP contribution in [-0.4, -0.2) is 4.98 Å². The van der Waals surface area contributed by atoms with Crippen LogP contribution in [-0.2, 0) is 12.8 Å². The van der Waals surface area contributed by atoms with Crippen molar-refractivity contribution in [2.45, 2.75) is 39.5 Å². The van der Waals surface area contributed by atoms with E-state index in [4.69, 9.17) is 0 Å². The zero-order chi connectivity index (χ0) is 8.60. The maximum atomic E-state index is 4.42. The first-order chi connectivity index (χ1) is 5.73. The Kier molecular flexibility index (Phi) is 1.95. The van der Waals surface area contributed by atoms with Gasteiger partial charge in [-0.1, -0.05) is 20.3 Å². The van der Waals surface area contributed by atoms with Crippen molar-refractivity contribution in [2.24, 2.45) is 5.41 Å². The topological polar surface area (TPSA) is 12.9 Å². The van der Waals surface area contributed by atoms with Gasteiger partial charge < -0.3 is 0 Å². The third-order valence-electron chi connectivity index (χ3n) is 3.13. The third kappa shape index (κ3) is 1.28. The van der Waals surface area contributed by atoms with Gasteiger partial charge in [0.2, 0.25) is 0 Å². The average molecular weight is 181 g/mol. The van der Waals surface area contributed by atoms with Crippen molar-refractivity contribution in [3.05, 3.63) is 16.1 Å². The zero-order valence-electron chi connectivity index (χ0n) is 7.76. The second-order valence-electron chi connectivity index (χ2n) is 4.06. The van der Waals surface area contributed by atoms with Crippen molar-refractivity contribution in [3.8, 4) is 0 Å². The Hall–Kier alpha value is -0.370. The van der Waals surface area contributed by atoms with E-state index in [0.717, 1.165) is 0 Å². The van der Waals surface area contributed by atoms with Crippen molar-refractivity contribution >= 4 is 11.3 Å². The molecule has 2 rings (SSSR count). The number of rotatable bonds is 1. The summed E-state index contributed by atoms with van der Waals surface area (Å²) >= 11 is 1.83. The van der Waals surface area contributed by atoms with Crippen LogP contribution < -0.4 is 0 Å². The summed E-state index contributed by atoms with van der Waals surface area (Å²) in [6.45, 7) is 4.67. The van der Waals surface area contributed by atoms with Gasteiger partial charge in [0.1, 0.15) is 0 Å². The molecular weight excluding hydrogens is 166 g/mol. The van der Waals surface area contributed by atoms with E-state index in [1.165, 1.54) is 36.3 Å². The normalized spacial score (nSPS) is 28.5. The number of thiazole rings is 1. The van der Waals surface area contributed by atoms with Gasteiger partial charge in [-0.2, -0.15) is 0 Å². The minimum Gasteiger partial charge on any atom is -0.249 e. The SMILES string of the molecule is CCC1(C)CCc2scnc2C1. The molecule has 0 saturated carbocycles. The van der Waals surface area contributed by atoms with Gasteiger partial charge in [-0.25, -0.2) is 4.98 Å². The Morgan fingerprint density at radius 2 is 2.50 bits per heavy atom. The minimum atomic E-state index is 0.529. The zero-order valence-corrected chi connectivity index (χ0v) is 8.58. The predicted octanol–water partition coefficient (Wildman–Crippen LogP) is 3.05.